The van der Waals surface area contributed by atoms with E-state index in [2.05, 4.69) is 49.3 Å². The lowest BCUT2D eigenvalue weighted by Gasteiger charge is -2.34. The van der Waals surface area contributed by atoms with Crippen molar-refractivity contribution in [3.63, 3.8) is 0 Å². The minimum atomic E-state index is -4.57. The van der Waals surface area contributed by atoms with Gasteiger partial charge in [0.1, 0.15) is 5.69 Å². The molecule has 272 valence electrons. The van der Waals surface area contributed by atoms with E-state index in [0.29, 0.717) is 30.0 Å². The molecule has 13 heteroatoms. The number of aryl methyl sites for hydroxylation is 2. The van der Waals surface area contributed by atoms with Gasteiger partial charge in [-0.2, -0.15) is 18.3 Å². The molecule has 1 amide bonds. The number of hydrogen-bond acceptors (Lipinski definition) is 7. The molecule has 3 aromatic heterocycles. The molecule has 0 spiro atoms. The first kappa shape index (κ1) is 36.6. The number of amides is 1. The standard InChI is InChI=1S/C39H44F3N9O/c1-5-48-18-20-49(21-19-48)26-30-10-12-31(23-35(30)39(40,41)42)46-38(52)34-14-9-28(2)22-29(34)11-13-33-25-43-37-36(8-6-17-51(33)37)45-32-24-44-50(27-32)16-7-15-47(3)4/h6,8-10,12,14,17,22-25,27,45H,5,7,15-16,18-21,26H2,1-4H3,(H,46,52). The Morgan fingerprint density at radius 1 is 0.981 bits per heavy atom. The summed E-state index contributed by atoms with van der Waals surface area (Å²) in [6.07, 6.45) is 3.68. The Labute approximate surface area is 302 Å². The average Bonchev–Trinajstić information content (AvgIpc) is 3.75. The third-order valence-electron chi connectivity index (χ3n) is 9.16. The van der Waals surface area contributed by atoms with Gasteiger partial charge in [0.25, 0.3) is 5.91 Å². The van der Waals surface area contributed by atoms with Crippen molar-refractivity contribution < 1.29 is 18.0 Å². The summed E-state index contributed by atoms with van der Waals surface area (Å²) in [5, 5.41) is 10.5. The van der Waals surface area contributed by atoms with Crippen LogP contribution in [0.2, 0.25) is 0 Å². The predicted molar refractivity (Wildman–Crippen MR) is 198 cm³/mol. The van der Waals surface area contributed by atoms with Crippen molar-refractivity contribution >= 4 is 28.6 Å². The van der Waals surface area contributed by atoms with Gasteiger partial charge in [-0.25, -0.2) is 4.98 Å². The minimum Gasteiger partial charge on any atom is -0.350 e. The fourth-order valence-electron chi connectivity index (χ4n) is 6.31. The van der Waals surface area contributed by atoms with Crippen molar-refractivity contribution in [2.45, 2.75) is 39.5 Å². The van der Waals surface area contributed by atoms with Crippen molar-refractivity contribution in [2.75, 3.05) is 64.0 Å². The molecule has 1 fully saturated rings. The number of benzene rings is 2. The number of piperazine rings is 1. The van der Waals surface area contributed by atoms with E-state index < -0.39 is 17.6 Å². The van der Waals surface area contributed by atoms with Crippen LogP contribution >= 0.6 is 0 Å². The van der Waals surface area contributed by atoms with Gasteiger partial charge >= 0.3 is 6.18 Å². The second-order valence-electron chi connectivity index (χ2n) is 13.4. The van der Waals surface area contributed by atoms with E-state index in [1.165, 1.54) is 12.1 Å². The molecule has 1 aliphatic rings. The molecule has 2 N–H and O–H groups in total. The molecule has 52 heavy (non-hydrogen) atoms. The zero-order valence-corrected chi connectivity index (χ0v) is 30.0. The second kappa shape index (κ2) is 16.0. The number of nitrogens with one attached hydrogen (secondary N) is 2. The number of pyridine rings is 1. The van der Waals surface area contributed by atoms with Gasteiger partial charge < -0.3 is 20.4 Å². The molecule has 1 saturated heterocycles. The van der Waals surface area contributed by atoms with Gasteiger partial charge in [-0.1, -0.05) is 25.0 Å². The maximum Gasteiger partial charge on any atom is 0.416 e. The average molecular weight is 712 g/mol. The number of anilines is 3. The Morgan fingerprint density at radius 3 is 2.52 bits per heavy atom. The van der Waals surface area contributed by atoms with E-state index in [-0.39, 0.29) is 23.4 Å². The van der Waals surface area contributed by atoms with Gasteiger partial charge in [-0.05, 0) is 94.0 Å². The number of halogens is 3. The van der Waals surface area contributed by atoms with Crippen molar-refractivity contribution in [1.29, 1.82) is 0 Å². The number of alkyl halides is 3. The summed E-state index contributed by atoms with van der Waals surface area (Å²) in [7, 11) is 4.10. The number of hydrogen-bond donors (Lipinski definition) is 2. The van der Waals surface area contributed by atoms with E-state index >= 15 is 0 Å². The van der Waals surface area contributed by atoms with Gasteiger partial charge in [0, 0.05) is 62.9 Å². The Kier molecular flexibility index (Phi) is 11.3. The van der Waals surface area contributed by atoms with E-state index in [1.807, 2.05) is 59.5 Å². The first-order valence-corrected chi connectivity index (χ1v) is 17.5. The van der Waals surface area contributed by atoms with Crippen LogP contribution in [0, 0.1) is 18.8 Å². The van der Waals surface area contributed by atoms with Crippen molar-refractivity contribution in [3.8, 4) is 11.8 Å². The predicted octanol–water partition coefficient (Wildman–Crippen LogP) is 6.34. The van der Waals surface area contributed by atoms with Crippen LogP contribution in [0.1, 0.15) is 51.7 Å². The number of rotatable bonds is 11. The molecule has 0 atom stereocenters. The van der Waals surface area contributed by atoms with E-state index in [0.717, 1.165) is 62.1 Å². The number of likely N-dealkylation sites (N-methyl/N-ethyl adjacent to an activating group) is 1. The van der Waals surface area contributed by atoms with Gasteiger partial charge in [-0.3, -0.25) is 18.8 Å². The van der Waals surface area contributed by atoms with Crippen LogP contribution in [0.4, 0.5) is 30.2 Å². The highest BCUT2D eigenvalue weighted by Gasteiger charge is 2.34. The molecule has 4 heterocycles. The van der Waals surface area contributed by atoms with Crippen LogP contribution in [-0.2, 0) is 19.3 Å². The Hall–Kier alpha value is -5.16. The molecule has 0 radical (unpaired) electrons. The number of carbonyl (C=O) groups excluding carboxylic acids is 1. The molecule has 0 bridgehead atoms. The molecule has 0 unspecified atom stereocenters. The van der Waals surface area contributed by atoms with E-state index in [4.69, 9.17) is 0 Å². The maximum atomic E-state index is 14.2. The highest BCUT2D eigenvalue weighted by Crippen LogP contribution is 2.35. The van der Waals surface area contributed by atoms with Crippen molar-refractivity contribution in [2.24, 2.45) is 0 Å². The topological polar surface area (TPSA) is 86.0 Å². The quantitative estimate of drug-likeness (QED) is 0.155. The lowest BCUT2D eigenvalue weighted by Crippen LogP contribution is -2.45. The van der Waals surface area contributed by atoms with Gasteiger partial charge in [0.2, 0.25) is 0 Å². The summed E-state index contributed by atoms with van der Waals surface area (Å²) in [6.45, 7) is 9.95. The zero-order valence-electron chi connectivity index (χ0n) is 30.0. The zero-order chi connectivity index (χ0) is 36.8. The minimum absolute atomic E-state index is 0.0669. The fraction of sp³-hybridized carbons (Fsp3) is 0.359. The highest BCUT2D eigenvalue weighted by molar-refractivity contribution is 6.06. The van der Waals surface area contributed by atoms with Crippen LogP contribution in [0.5, 0.6) is 0 Å². The van der Waals surface area contributed by atoms with Crippen LogP contribution in [0.3, 0.4) is 0 Å². The second-order valence-corrected chi connectivity index (χ2v) is 13.4. The lowest BCUT2D eigenvalue weighted by atomic mass is 10.0. The molecule has 6 rings (SSSR count). The van der Waals surface area contributed by atoms with Gasteiger partial charge in [0.15, 0.2) is 5.65 Å². The molecule has 10 nitrogen and oxygen atoms in total. The Bertz CT molecular complexity index is 2080. The normalized spacial score (nSPS) is 14.1. The van der Waals surface area contributed by atoms with Crippen LogP contribution < -0.4 is 10.6 Å². The molecular formula is C39H44F3N9O. The molecule has 2 aromatic carbocycles. The molecule has 5 aromatic rings. The first-order chi connectivity index (χ1) is 25.0. The number of nitrogens with zero attached hydrogens (tertiary/aromatic N) is 7. The molecule has 0 aliphatic carbocycles. The fourth-order valence-corrected chi connectivity index (χ4v) is 6.31. The first-order valence-electron chi connectivity index (χ1n) is 17.5. The molecular weight excluding hydrogens is 667 g/mol. The Balaban J connectivity index is 1.19. The largest absolute Gasteiger partial charge is 0.416 e. The summed E-state index contributed by atoms with van der Waals surface area (Å²) in [5.41, 5.74) is 3.98. The number of fused-ring (bicyclic) bond motifs is 1. The Morgan fingerprint density at radius 2 is 1.77 bits per heavy atom. The maximum absolute atomic E-state index is 14.2. The molecule has 1 aliphatic heterocycles. The molecule has 0 saturated carbocycles. The van der Waals surface area contributed by atoms with Crippen LogP contribution in [-0.4, -0.2) is 93.1 Å². The van der Waals surface area contributed by atoms with Crippen LogP contribution in [0.15, 0.2) is 73.3 Å². The van der Waals surface area contributed by atoms with E-state index in [9.17, 15) is 18.0 Å². The highest BCUT2D eigenvalue weighted by atomic mass is 19.4. The summed E-state index contributed by atoms with van der Waals surface area (Å²) in [5.74, 6) is 5.71. The SMILES string of the molecule is CCN1CCN(Cc2ccc(NC(=O)c3ccc(C)cc3C#Cc3cnc4c(Nc5cnn(CCCN(C)C)c5)cccn34)cc2C(F)(F)F)CC1. The van der Waals surface area contributed by atoms with Gasteiger partial charge in [0.05, 0.1) is 34.9 Å². The monoisotopic (exact) mass is 711 g/mol. The summed E-state index contributed by atoms with van der Waals surface area (Å²) in [6, 6.07) is 13.0. The van der Waals surface area contributed by atoms with Gasteiger partial charge in [-0.15, -0.1) is 0 Å². The number of imidazole rings is 1. The number of carbonyl (C=O) groups is 1. The summed E-state index contributed by atoms with van der Waals surface area (Å²) in [4.78, 5) is 24.6. The van der Waals surface area contributed by atoms with Crippen molar-refractivity contribution in [3.05, 3.63) is 107 Å². The van der Waals surface area contributed by atoms with E-state index in [1.54, 1.807) is 30.6 Å². The number of aromatic nitrogens is 4. The summed E-state index contributed by atoms with van der Waals surface area (Å²) < 4.78 is 46.5. The lowest BCUT2D eigenvalue weighted by molar-refractivity contribution is -0.138. The van der Waals surface area contributed by atoms with Crippen LogP contribution in [0.25, 0.3) is 5.65 Å². The third kappa shape index (κ3) is 9.00. The smallest absolute Gasteiger partial charge is 0.350 e. The van der Waals surface area contributed by atoms with Crippen molar-refractivity contribution in [1.82, 2.24) is 33.9 Å². The third-order valence-corrected chi connectivity index (χ3v) is 9.16. The summed E-state index contributed by atoms with van der Waals surface area (Å²) >= 11 is 0.